The van der Waals surface area contributed by atoms with E-state index in [0.717, 1.165) is 77.0 Å². The van der Waals surface area contributed by atoms with Crippen LogP contribution >= 0.6 is 0 Å². The molecule has 60 heavy (non-hydrogen) atoms. The molecule has 0 bridgehead atoms. The second-order valence-corrected chi connectivity index (χ2v) is 15.6. The van der Waals surface area contributed by atoms with Crippen LogP contribution in [0.3, 0.4) is 0 Å². The van der Waals surface area contributed by atoms with Gasteiger partial charge in [0.05, 0.1) is 0 Å². The Bertz CT molecular complexity index is 1230. The second kappa shape index (κ2) is 48.0. The number of esters is 3. The van der Waals surface area contributed by atoms with Crippen molar-refractivity contribution in [3.63, 3.8) is 0 Å². The van der Waals surface area contributed by atoms with Crippen LogP contribution < -0.4 is 0 Å². The van der Waals surface area contributed by atoms with Crippen molar-refractivity contribution in [2.45, 2.75) is 213 Å². The first-order chi connectivity index (χ1) is 29.5. The second-order valence-electron chi connectivity index (χ2n) is 15.6. The molecule has 0 N–H and O–H groups in total. The lowest BCUT2D eigenvalue weighted by Gasteiger charge is -2.18. The molecule has 0 heterocycles. The van der Waals surface area contributed by atoms with Gasteiger partial charge in [-0.3, -0.25) is 14.4 Å². The number of hydrogen-bond donors (Lipinski definition) is 0. The summed E-state index contributed by atoms with van der Waals surface area (Å²) < 4.78 is 16.6. The van der Waals surface area contributed by atoms with Gasteiger partial charge in [0.15, 0.2) is 6.10 Å². The van der Waals surface area contributed by atoms with Gasteiger partial charge in [0.25, 0.3) is 0 Å². The first-order valence-electron chi connectivity index (χ1n) is 24.2. The van der Waals surface area contributed by atoms with Crippen molar-refractivity contribution >= 4 is 17.9 Å². The highest BCUT2D eigenvalue weighted by Crippen LogP contribution is 2.12. The van der Waals surface area contributed by atoms with Gasteiger partial charge in [-0.2, -0.15) is 0 Å². The summed E-state index contributed by atoms with van der Waals surface area (Å²) in [6.45, 7) is 6.35. The van der Waals surface area contributed by atoms with Crippen LogP contribution in [-0.4, -0.2) is 37.2 Å². The Morgan fingerprint density at radius 2 is 0.700 bits per heavy atom. The van der Waals surface area contributed by atoms with Crippen molar-refractivity contribution in [3.05, 3.63) is 97.2 Å². The van der Waals surface area contributed by atoms with Crippen molar-refractivity contribution in [1.29, 1.82) is 0 Å². The molecule has 340 valence electrons. The predicted octanol–water partition coefficient (Wildman–Crippen LogP) is 15.8. The van der Waals surface area contributed by atoms with Crippen molar-refractivity contribution in [2.75, 3.05) is 13.2 Å². The Morgan fingerprint density at radius 3 is 1.20 bits per heavy atom. The van der Waals surface area contributed by atoms with E-state index in [-0.39, 0.29) is 31.6 Å². The van der Waals surface area contributed by atoms with E-state index in [2.05, 4.69) is 106 Å². The topological polar surface area (TPSA) is 78.9 Å². The predicted molar refractivity (Wildman–Crippen MR) is 256 cm³/mol. The zero-order valence-corrected chi connectivity index (χ0v) is 38.7. The summed E-state index contributed by atoms with van der Waals surface area (Å²) in [7, 11) is 0. The quantitative estimate of drug-likeness (QED) is 0.0264. The largest absolute Gasteiger partial charge is 0.462 e. The Balaban J connectivity index is 4.50. The van der Waals surface area contributed by atoms with E-state index in [4.69, 9.17) is 14.2 Å². The molecule has 0 aliphatic rings. The standard InChI is InChI=1S/C54H88O6/c1-4-7-10-13-16-19-21-23-25-27-29-30-32-35-38-41-44-47-53(56)59-50-51(49-58-52(55)46-43-40-37-34-18-15-12-9-6-3)60-54(57)48-45-42-39-36-33-31-28-26-24-22-20-17-14-11-8-5-2/h8,11,16-17,19-20,23-26,31,33-34,37,39,42,51H,4-7,9-10,12-15,18,21-22,27-30,32,35-36,38,40-41,43-50H2,1-3H3/b11-8-,19-16-,20-17-,25-23-,26-24-,33-31-,37-34-,42-39-. The highest BCUT2D eigenvalue weighted by atomic mass is 16.6. The normalized spacial score (nSPS) is 12.9. The Labute approximate surface area is 368 Å². The van der Waals surface area contributed by atoms with Crippen LogP contribution in [0.1, 0.15) is 207 Å². The van der Waals surface area contributed by atoms with E-state index < -0.39 is 12.1 Å². The maximum atomic E-state index is 12.7. The summed E-state index contributed by atoms with van der Waals surface area (Å²) in [5.74, 6) is -1.06. The fraction of sp³-hybridized carbons (Fsp3) is 0.648. The van der Waals surface area contributed by atoms with Gasteiger partial charge in [-0.05, 0) is 103 Å². The molecule has 0 aliphatic carbocycles. The minimum Gasteiger partial charge on any atom is -0.462 e. The molecule has 1 unspecified atom stereocenters. The third kappa shape index (κ3) is 45.4. The molecule has 0 radical (unpaired) electrons. The van der Waals surface area contributed by atoms with Crippen molar-refractivity contribution < 1.29 is 28.6 Å². The molecule has 0 aromatic carbocycles. The summed E-state index contributed by atoms with van der Waals surface area (Å²) in [6.07, 6.45) is 62.7. The third-order valence-electron chi connectivity index (χ3n) is 9.81. The maximum Gasteiger partial charge on any atom is 0.306 e. The van der Waals surface area contributed by atoms with Crippen LogP contribution in [0, 0.1) is 0 Å². The number of ether oxygens (including phenoxy) is 3. The van der Waals surface area contributed by atoms with Crippen LogP contribution in [-0.2, 0) is 28.6 Å². The zero-order valence-electron chi connectivity index (χ0n) is 38.7. The summed E-state index contributed by atoms with van der Waals surface area (Å²) in [4.78, 5) is 37.7. The average Bonchev–Trinajstić information content (AvgIpc) is 3.24. The minimum absolute atomic E-state index is 0.121. The summed E-state index contributed by atoms with van der Waals surface area (Å²) >= 11 is 0. The summed E-state index contributed by atoms with van der Waals surface area (Å²) in [6, 6.07) is 0. The van der Waals surface area contributed by atoms with Gasteiger partial charge < -0.3 is 14.2 Å². The number of carbonyl (C=O) groups is 3. The van der Waals surface area contributed by atoms with E-state index >= 15 is 0 Å². The highest BCUT2D eigenvalue weighted by molar-refractivity contribution is 5.71. The van der Waals surface area contributed by atoms with E-state index in [1.54, 1.807) is 0 Å². The van der Waals surface area contributed by atoms with Gasteiger partial charge in [-0.15, -0.1) is 0 Å². The smallest absolute Gasteiger partial charge is 0.306 e. The molecule has 0 spiro atoms. The molecule has 0 aliphatic heterocycles. The minimum atomic E-state index is -0.830. The first-order valence-corrected chi connectivity index (χ1v) is 24.2. The number of rotatable bonds is 42. The molecule has 0 fully saturated rings. The number of unbranched alkanes of at least 4 members (excludes halogenated alkanes) is 15. The summed E-state index contributed by atoms with van der Waals surface area (Å²) in [5.41, 5.74) is 0. The monoisotopic (exact) mass is 833 g/mol. The van der Waals surface area contributed by atoms with E-state index in [1.165, 1.54) is 77.0 Å². The number of carbonyl (C=O) groups excluding carboxylic acids is 3. The van der Waals surface area contributed by atoms with Gasteiger partial charge in [-0.1, -0.05) is 182 Å². The van der Waals surface area contributed by atoms with E-state index in [0.29, 0.717) is 25.7 Å². The molecular formula is C54H88O6. The molecule has 6 nitrogen and oxygen atoms in total. The van der Waals surface area contributed by atoms with Crippen molar-refractivity contribution in [3.8, 4) is 0 Å². The van der Waals surface area contributed by atoms with Crippen LogP contribution in [0.15, 0.2) is 97.2 Å². The lowest BCUT2D eigenvalue weighted by Crippen LogP contribution is -2.30. The third-order valence-corrected chi connectivity index (χ3v) is 9.81. The van der Waals surface area contributed by atoms with Crippen LogP contribution in [0.25, 0.3) is 0 Å². The molecule has 0 aromatic rings. The Morgan fingerprint density at radius 1 is 0.350 bits per heavy atom. The molecule has 0 saturated heterocycles. The fourth-order valence-electron chi connectivity index (χ4n) is 6.17. The van der Waals surface area contributed by atoms with Crippen LogP contribution in [0.4, 0.5) is 0 Å². The van der Waals surface area contributed by atoms with Gasteiger partial charge in [0, 0.05) is 19.3 Å². The van der Waals surface area contributed by atoms with Gasteiger partial charge in [-0.25, -0.2) is 0 Å². The van der Waals surface area contributed by atoms with Gasteiger partial charge in [0.2, 0.25) is 0 Å². The van der Waals surface area contributed by atoms with Crippen molar-refractivity contribution in [1.82, 2.24) is 0 Å². The number of allylic oxidation sites excluding steroid dienone is 16. The first kappa shape index (κ1) is 56.3. The van der Waals surface area contributed by atoms with E-state index in [9.17, 15) is 14.4 Å². The molecular weight excluding hydrogens is 745 g/mol. The molecule has 0 amide bonds. The zero-order chi connectivity index (χ0) is 43.7. The molecule has 0 rings (SSSR count). The van der Waals surface area contributed by atoms with Crippen molar-refractivity contribution in [2.24, 2.45) is 0 Å². The maximum absolute atomic E-state index is 12.7. The van der Waals surface area contributed by atoms with Gasteiger partial charge >= 0.3 is 17.9 Å². The van der Waals surface area contributed by atoms with Gasteiger partial charge in [0.1, 0.15) is 13.2 Å². The molecule has 1 atom stereocenters. The Hall–Kier alpha value is -3.67. The average molecular weight is 833 g/mol. The fourth-order valence-corrected chi connectivity index (χ4v) is 6.17. The van der Waals surface area contributed by atoms with E-state index in [1.807, 2.05) is 12.2 Å². The highest BCUT2D eigenvalue weighted by Gasteiger charge is 2.19. The number of hydrogen-bond acceptors (Lipinski definition) is 6. The lowest BCUT2D eigenvalue weighted by molar-refractivity contribution is -0.166. The molecule has 0 aromatic heterocycles. The summed E-state index contributed by atoms with van der Waals surface area (Å²) in [5, 5.41) is 0. The van der Waals surface area contributed by atoms with Crippen LogP contribution in [0.2, 0.25) is 0 Å². The lowest BCUT2D eigenvalue weighted by atomic mass is 10.1. The molecule has 6 heteroatoms. The SMILES string of the molecule is CC/C=C\C/C=C\C/C=C\C/C=C\C/C=C\CCC(=O)OC(COC(=O)CCC/C=C\CCCCCC)COC(=O)CCCCCCCCC/C=C\C/C=C\CCCCC. The molecule has 0 saturated carbocycles. The Kier molecular flexibility index (Phi) is 45.1. The van der Waals surface area contributed by atoms with Crippen LogP contribution in [0.5, 0.6) is 0 Å².